The van der Waals surface area contributed by atoms with Crippen LogP contribution in [0.15, 0.2) is 52.4 Å². The van der Waals surface area contributed by atoms with Crippen LogP contribution in [0.5, 0.6) is 17.2 Å². The van der Waals surface area contributed by atoms with Crippen molar-refractivity contribution in [2.75, 3.05) is 40.2 Å². The Labute approximate surface area is 171 Å². The molecule has 0 fully saturated rings. The highest BCUT2D eigenvalue weighted by molar-refractivity contribution is 7.99. The van der Waals surface area contributed by atoms with E-state index in [1.54, 1.807) is 21.3 Å². The standard InChI is InChI=1S/C21H29N3O3S/c1-5-22-21(23-13-14-28-17-9-7-6-8-10-17)24-15-16-11-12-18(25-2)20(27-4)19(16)26-3/h6-12H,5,13-15H2,1-4H3,(H2,22,23,24). The van der Waals surface area contributed by atoms with E-state index in [2.05, 4.69) is 39.9 Å². The minimum Gasteiger partial charge on any atom is -0.493 e. The Balaban J connectivity index is 1.99. The van der Waals surface area contributed by atoms with Gasteiger partial charge in [0, 0.05) is 29.3 Å². The van der Waals surface area contributed by atoms with Crippen LogP contribution < -0.4 is 24.8 Å². The van der Waals surface area contributed by atoms with Crippen LogP contribution >= 0.6 is 11.8 Å². The van der Waals surface area contributed by atoms with Gasteiger partial charge in [-0.1, -0.05) is 18.2 Å². The van der Waals surface area contributed by atoms with Crippen LogP contribution in [0, 0.1) is 0 Å². The Hall–Kier alpha value is -2.54. The average Bonchev–Trinajstić information content (AvgIpc) is 2.74. The Morgan fingerprint density at radius 1 is 0.929 bits per heavy atom. The molecule has 0 aromatic heterocycles. The van der Waals surface area contributed by atoms with Crippen LogP contribution in [0.1, 0.15) is 12.5 Å². The van der Waals surface area contributed by atoms with Crippen LogP contribution in [0.2, 0.25) is 0 Å². The van der Waals surface area contributed by atoms with Gasteiger partial charge in [-0.05, 0) is 31.2 Å². The number of ether oxygens (including phenoxy) is 3. The quantitative estimate of drug-likeness (QED) is 0.274. The molecule has 2 rings (SSSR count). The van der Waals surface area contributed by atoms with Crippen molar-refractivity contribution in [3.05, 3.63) is 48.0 Å². The van der Waals surface area contributed by atoms with E-state index in [1.807, 2.05) is 36.9 Å². The molecule has 152 valence electrons. The molecule has 0 aliphatic carbocycles. The van der Waals surface area contributed by atoms with Crippen LogP contribution in [0.25, 0.3) is 0 Å². The van der Waals surface area contributed by atoms with E-state index >= 15 is 0 Å². The molecule has 2 aromatic rings. The van der Waals surface area contributed by atoms with Gasteiger partial charge < -0.3 is 24.8 Å². The number of rotatable bonds is 10. The number of thioether (sulfide) groups is 1. The lowest BCUT2D eigenvalue weighted by atomic mass is 10.1. The Morgan fingerprint density at radius 2 is 1.68 bits per heavy atom. The minimum absolute atomic E-state index is 0.463. The van der Waals surface area contributed by atoms with Gasteiger partial charge in [0.15, 0.2) is 17.5 Å². The van der Waals surface area contributed by atoms with Crippen molar-refractivity contribution in [3.63, 3.8) is 0 Å². The molecular formula is C21H29N3O3S. The van der Waals surface area contributed by atoms with E-state index in [1.165, 1.54) is 4.90 Å². The first-order chi connectivity index (χ1) is 13.7. The number of benzene rings is 2. The molecule has 0 heterocycles. The van der Waals surface area contributed by atoms with E-state index in [-0.39, 0.29) is 0 Å². The summed E-state index contributed by atoms with van der Waals surface area (Å²) in [5.41, 5.74) is 0.927. The molecule has 0 unspecified atom stereocenters. The van der Waals surface area contributed by atoms with Gasteiger partial charge in [-0.2, -0.15) is 0 Å². The third kappa shape index (κ3) is 6.27. The van der Waals surface area contributed by atoms with Crippen molar-refractivity contribution >= 4 is 17.7 Å². The molecule has 7 heteroatoms. The second-order valence-electron chi connectivity index (χ2n) is 5.78. The SMILES string of the molecule is CCNC(=NCc1ccc(OC)c(OC)c1OC)NCCSc1ccccc1. The second kappa shape index (κ2) is 12.0. The fourth-order valence-corrected chi connectivity index (χ4v) is 3.44. The van der Waals surface area contributed by atoms with Gasteiger partial charge in [-0.15, -0.1) is 11.8 Å². The van der Waals surface area contributed by atoms with E-state index in [0.29, 0.717) is 23.8 Å². The highest BCUT2D eigenvalue weighted by Crippen LogP contribution is 2.39. The van der Waals surface area contributed by atoms with Crippen molar-refractivity contribution in [1.29, 1.82) is 0 Å². The number of methoxy groups -OCH3 is 3. The summed E-state index contributed by atoms with van der Waals surface area (Å²) in [7, 11) is 4.83. The van der Waals surface area contributed by atoms with Gasteiger partial charge in [-0.3, -0.25) is 0 Å². The smallest absolute Gasteiger partial charge is 0.203 e. The third-order valence-corrected chi connectivity index (χ3v) is 4.96. The van der Waals surface area contributed by atoms with Crippen molar-refractivity contribution in [2.45, 2.75) is 18.4 Å². The Bertz CT molecular complexity index is 754. The van der Waals surface area contributed by atoms with Crippen molar-refractivity contribution < 1.29 is 14.2 Å². The van der Waals surface area contributed by atoms with E-state index in [4.69, 9.17) is 14.2 Å². The lowest BCUT2D eigenvalue weighted by Gasteiger charge is -2.15. The topological polar surface area (TPSA) is 64.1 Å². The van der Waals surface area contributed by atoms with Gasteiger partial charge in [0.05, 0.1) is 27.9 Å². The predicted octanol–water partition coefficient (Wildman–Crippen LogP) is 3.56. The zero-order valence-electron chi connectivity index (χ0n) is 17.0. The first-order valence-electron chi connectivity index (χ1n) is 9.21. The molecule has 0 saturated heterocycles. The van der Waals surface area contributed by atoms with Gasteiger partial charge >= 0.3 is 0 Å². The maximum absolute atomic E-state index is 5.53. The molecule has 0 atom stereocenters. The molecule has 0 saturated carbocycles. The maximum atomic E-state index is 5.53. The molecule has 0 radical (unpaired) electrons. The van der Waals surface area contributed by atoms with E-state index in [9.17, 15) is 0 Å². The summed E-state index contributed by atoms with van der Waals surface area (Å²) in [5, 5.41) is 6.64. The van der Waals surface area contributed by atoms with Crippen LogP contribution in [0.4, 0.5) is 0 Å². The molecule has 0 amide bonds. The predicted molar refractivity (Wildman–Crippen MR) is 116 cm³/mol. The van der Waals surface area contributed by atoms with Crippen LogP contribution in [-0.2, 0) is 6.54 Å². The summed E-state index contributed by atoms with van der Waals surface area (Å²) in [5.74, 6) is 3.58. The summed E-state index contributed by atoms with van der Waals surface area (Å²) in [6.07, 6.45) is 0. The number of aliphatic imine (C=N–C) groups is 1. The highest BCUT2D eigenvalue weighted by Gasteiger charge is 2.15. The monoisotopic (exact) mass is 403 g/mol. The zero-order valence-corrected chi connectivity index (χ0v) is 17.8. The lowest BCUT2D eigenvalue weighted by Crippen LogP contribution is -2.38. The lowest BCUT2D eigenvalue weighted by molar-refractivity contribution is 0.322. The zero-order chi connectivity index (χ0) is 20.2. The largest absolute Gasteiger partial charge is 0.493 e. The second-order valence-corrected chi connectivity index (χ2v) is 6.95. The molecule has 0 aliphatic rings. The molecule has 28 heavy (non-hydrogen) atoms. The summed E-state index contributed by atoms with van der Waals surface area (Å²) in [6, 6.07) is 14.2. The Kier molecular flexibility index (Phi) is 9.34. The van der Waals surface area contributed by atoms with Gasteiger partial charge in [-0.25, -0.2) is 4.99 Å². The molecule has 2 N–H and O–H groups in total. The molecular weight excluding hydrogens is 374 g/mol. The number of hydrogen-bond acceptors (Lipinski definition) is 5. The first kappa shape index (κ1) is 21.8. The van der Waals surface area contributed by atoms with E-state index < -0.39 is 0 Å². The minimum atomic E-state index is 0.463. The highest BCUT2D eigenvalue weighted by atomic mass is 32.2. The first-order valence-corrected chi connectivity index (χ1v) is 10.2. The molecule has 0 spiro atoms. The number of nitrogens with zero attached hydrogens (tertiary/aromatic N) is 1. The molecule has 0 bridgehead atoms. The summed E-state index contributed by atoms with van der Waals surface area (Å²) < 4.78 is 16.3. The van der Waals surface area contributed by atoms with Crippen LogP contribution in [0.3, 0.4) is 0 Å². The van der Waals surface area contributed by atoms with Gasteiger partial charge in [0.25, 0.3) is 0 Å². The van der Waals surface area contributed by atoms with Crippen molar-refractivity contribution in [2.24, 2.45) is 4.99 Å². The number of hydrogen-bond donors (Lipinski definition) is 2. The third-order valence-electron chi connectivity index (χ3n) is 3.94. The normalized spacial score (nSPS) is 11.1. The summed E-state index contributed by atoms with van der Waals surface area (Å²) in [6.45, 7) is 4.12. The van der Waals surface area contributed by atoms with Crippen molar-refractivity contribution in [1.82, 2.24) is 10.6 Å². The molecule has 2 aromatic carbocycles. The maximum Gasteiger partial charge on any atom is 0.203 e. The fraction of sp³-hybridized carbons (Fsp3) is 0.381. The van der Waals surface area contributed by atoms with Crippen LogP contribution in [-0.4, -0.2) is 46.1 Å². The summed E-state index contributed by atoms with van der Waals surface area (Å²) in [4.78, 5) is 5.94. The van der Waals surface area contributed by atoms with E-state index in [0.717, 1.165) is 30.4 Å². The van der Waals surface area contributed by atoms with Crippen molar-refractivity contribution in [3.8, 4) is 17.2 Å². The Morgan fingerprint density at radius 3 is 2.32 bits per heavy atom. The van der Waals surface area contributed by atoms with Gasteiger partial charge in [0.1, 0.15) is 0 Å². The molecule has 6 nitrogen and oxygen atoms in total. The molecule has 0 aliphatic heterocycles. The number of nitrogens with one attached hydrogen (secondary N) is 2. The van der Waals surface area contributed by atoms with Gasteiger partial charge in [0.2, 0.25) is 5.75 Å². The number of guanidine groups is 1. The summed E-state index contributed by atoms with van der Waals surface area (Å²) >= 11 is 1.81. The fourth-order valence-electron chi connectivity index (χ4n) is 2.65. The average molecular weight is 404 g/mol.